The molecule has 7 heteroatoms. The Morgan fingerprint density at radius 2 is 1.96 bits per heavy atom. The molecule has 0 aliphatic heterocycles. The molecule has 0 aliphatic carbocycles. The molecule has 0 bridgehead atoms. The highest BCUT2D eigenvalue weighted by Crippen LogP contribution is 2.24. The van der Waals surface area contributed by atoms with Gasteiger partial charge in [0, 0.05) is 23.2 Å². The fourth-order valence-corrected chi connectivity index (χ4v) is 3.46. The second-order valence-corrected chi connectivity index (χ2v) is 7.33. The molecular formula is C21H23N3O3S. The summed E-state index contributed by atoms with van der Waals surface area (Å²) in [6.45, 7) is 2.98. The van der Waals surface area contributed by atoms with E-state index in [4.69, 9.17) is 4.74 Å². The lowest BCUT2D eigenvalue weighted by Gasteiger charge is -2.22. The molecule has 1 aromatic carbocycles. The molecular weight excluding hydrogens is 374 g/mol. The Hall–Kier alpha value is -2.93. The minimum absolute atomic E-state index is 0.195. The third-order valence-corrected chi connectivity index (χ3v) is 5.19. The summed E-state index contributed by atoms with van der Waals surface area (Å²) in [6.07, 6.45) is 1.78. The van der Waals surface area contributed by atoms with Gasteiger partial charge in [0.2, 0.25) is 0 Å². The molecule has 1 amide bonds. The standard InChI is InChI=1S/C21H23N3O3S/c1-3-4-13-24-20(25)12-11-19(22-24)21(26)23(15-18-6-5-14-28-18)16-7-9-17(27-2)10-8-16/h5-12,14H,3-4,13,15H2,1-2H3. The van der Waals surface area contributed by atoms with Gasteiger partial charge in [0.1, 0.15) is 11.4 Å². The number of nitrogens with zero attached hydrogens (tertiary/aromatic N) is 3. The van der Waals surface area contributed by atoms with Gasteiger partial charge in [-0.1, -0.05) is 19.4 Å². The van der Waals surface area contributed by atoms with Gasteiger partial charge in [0.25, 0.3) is 11.5 Å². The third kappa shape index (κ3) is 4.67. The van der Waals surface area contributed by atoms with E-state index in [1.807, 2.05) is 48.7 Å². The van der Waals surface area contributed by atoms with Crippen LogP contribution in [-0.2, 0) is 13.1 Å². The van der Waals surface area contributed by atoms with Gasteiger partial charge < -0.3 is 9.64 Å². The number of ether oxygens (including phenoxy) is 1. The Morgan fingerprint density at radius 1 is 1.18 bits per heavy atom. The second-order valence-electron chi connectivity index (χ2n) is 6.30. The monoisotopic (exact) mass is 397 g/mol. The lowest BCUT2D eigenvalue weighted by molar-refractivity contribution is 0.0978. The molecule has 0 aliphatic rings. The highest BCUT2D eigenvalue weighted by atomic mass is 32.1. The fraction of sp³-hybridized carbons (Fsp3) is 0.286. The first kappa shape index (κ1) is 19.8. The number of carbonyl (C=O) groups is 1. The van der Waals surface area contributed by atoms with Gasteiger partial charge in [-0.25, -0.2) is 4.68 Å². The lowest BCUT2D eigenvalue weighted by atomic mass is 10.2. The Balaban J connectivity index is 1.94. The molecule has 0 unspecified atom stereocenters. The summed E-state index contributed by atoms with van der Waals surface area (Å²) in [4.78, 5) is 28.0. The first-order chi connectivity index (χ1) is 13.6. The molecule has 0 N–H and O–H groups in total. The zero-order valence-electron chi connectivity index (χ0n) is 16.0. The summed E-state index contributed by atoms with van der Waals surface area (Å²) in [7, 11) is 1.60. The van der Waals surface area contributed by atoms with Crippen molar-refractivity contribution in [3.8, 4) is 5.75 Å². The predicted molar refractivity (Wildman–Crippen MR) is 111 cm³/mol. The van der Waals surface area contributed by atoms with E-state index < -0.39 is 0 Å². The molecule has 3 rings (SSSR count). The fourth-order valence-electron chi connectivity index (χ4n) is 2.77. The molecule has 0 radical (unpaired) electrons. The van der Waals surface area contributed by atoms with Gasteiger partial charge in [0.15, 0.2) is 0 Å². The molecule has 0 spiro atoms. The molecule has 2 aromatic heterocycles. The summed E-state index contributed by atoms with van der Waals surface area (Å²) in [5.74, 6) is 0.474. The van der Waals surface area contributed by atoms with Crippen molar-refractivity contribution >= 4 is 22.9 Å². The minimum Gasteiger partial charge on any atom is -0.497 e. The Kier molecular flexibility index (Phi) is 6.60. The van der Waals surface area contributed by atoms with Crippen LogP contribution in [0, 0.1) is 0 Å². The summed E-state index contributed by atoms with van der Waals surface area (Å²) in [6, 6.07) is 14.2. The van der Waals surface area contributed by atoms with E-state index in [0.29, 0.717) is 13.1 Å². The maximum atomic E-state index is 13.3. The Morgan fingerprint density at radius 3 is 2.61 bits per heavy atom. The molecule has 0 atom stereocenters. The SMILES string of the molecule is CCCCn1nc(C(=O)N(Cc2cccs2)c2ccc(OC)cc2)ccc1=O. The van der Waals surface area contributed by atoms with E-state index in [1.54, 1.807) is 23.3 Å². The van der Waals surface area contributed by atoms with E-state index in [2.05, 4.69) is 5.10 Å². The summed E-state index contributed by atoms with van der Waals surface area (Å²) in [5.41, 5.74) is 0.801. The van der Waals surface area contributed by atoms with Crippen molar-refractivity contribution in [1.82, 2.24) is 9.78 Å². The van der Waals surface area contributed by atoms with Crippen LogP contribution in [0.2, 0.25) is 0 Å². The number of methoxy groups -OCH3 is 1. The number of carbonyl (C=O) groups excluding carboxylic acids is 1. The largest absolute Gasteiger partial charge is 0.497 e. The zero-order valence-corrected chi connectivity index (χ0v) is 16.8. The van der Waals surface area contributed by atoms with Crippen LogP contribution in [0.4, 0.5) is 5.69 Å². The van der Waals surface area contributed by atoms with Crippen molar-refractivity contribution in [1.29, 1.82) is 0 Å². The first-order valence-electron chi connectivity index (χ1n) is 9.19. The highest BCUT2D eigenvalue weighted by Gasteiger charge is 2.21. The average Bonchev–Trinajstić information content (AvgIpc) is 3.24. The van der Waals surface area contributed by atoms with Gasteiger partial charge in [-0.2, -0.15) is 5.10 Å². The molecule has 146 valence electrons. The van der Waals surface area contributed by atoms with Gasteiger partial charge in [-0.05, 0) is 48.2 Å². The summed E-state index contributed by atoms with van der Waals surface area (Å²) < 4.78 is 6.58. The van der Waals surface area contributed by atoms with Crippen LogP contribution < -0.4 is 15.2 Å². The molecule has 0 saturated carbocycles. The number of benzene rings is 1. The number of amides is 1. The van der Waals surface area contributed by atoms with Crippen LogP contribution in [0.5, 0.6) is 5.75 Å². The summed E-state index contributed by atoms with van der Waals surface area (Å²) in [5, 5.41) is 6.29. The smallest absolute Gasteiger partial charge is 0.279 e. The number of hydrogen-bond acceptors (Lipinski definition) is 5. The van der Waals surface area contributed by atoms with E-state index in [1.165, 1.54) is 16.8 Å². The number of anilines is 1. The molecule has 2 heterocycles. The number of aromatic nitrogens is 2. The Labute approximate surface area is 168 Å². The van der Waals surface area contributed by atoms with Crippen LogP contribution in [0.25, 0.3) is 0 Å². The van der Waals surface area contributed by atoms with Crippen molar-refractivity contribution in [3.05, 3.63) is 74.8 Å². The molecule has 3 aromatic rings. The minimum atomic E-state index is -0.246. The number of unbranched alkanes of at least 4 members (excludes halogenated alkanes) is 1. The van der Waals surface area contributed by atoms with Crippen molar-refractivity contribution < 1.29 is 9.53 Å². The van der Waals surface area contributed by atoms with Crippen LogP contribution in [0.15, 0.2) is 58.7 Å². The topological polar surface area (TPSA) is 64.4 Å². The molecule has 6 nitrogen and oxygen atoms in total. The van der Waals surface area contributed by atoms with E-state index in [-0.39, 0.29) is 17.2 Å². The zero-order chi connectivity index (χ0) is 19.9. The van der Waals surface area contributed by atoms with E-state index >= 15 is 0 Å². The van der Waals surface area contributed by atoms with Crippen LogP contribution in [0.3, 0.4) is 0 Å². The predicted octanol–water partition coefficient (Wildman–Crippen LogP) is 3.96. The van der Waals surface area contributed by atoms with Gasteiger partial charge in [0.05, 0.1) is 13.7 Å². The number of hydrogen-bond donors (Lipinski definition) is 0. The van der Waals surface area contributed by atoms with Gasteiger partial charge in [-0.15, -0.1) is 11.3 Å². The second kappa shape index (κ2) is 9.32. The van der Waals surface area contributed by atoms with Crippen molar-refractivity contribution in [2.24, 2.45) is 0 Å². The normalized spacial score (nSPS) is 10.6. The number of thiophene rings is 1. The Bertz CT molecular complexity index is 965. The molecule has 0 fully saturated rings. The average molecular weight is 398 g/mol. The highest BCUT2D eigenvalue weighted by molar-refractivity contribution is 7.09. The molecule has 0 saturated heterocycles. The van der Waals surface area contributed by atoms with Crippen LogP contribution >= 0.6 is 11.3 Å². The third-order valence-electron chi connectivity index (χ3n) is 4.33. The van der Waals surface area contributed by atoms with Crippen molar-refractivity contribution in [2.45, 2.75) is 32.9 Å². The van der Waals surface area contributed by atoms with Gasteiger partial charge in [-0.3, -0.25) is 9.59 Å². The van der Waals surface area contributed by atoms with E-state index in [9.17, 15) is 9.59 Å². The number of rotatable bonds is 8. The first-order valence-corrected chi connectivity index (χ1v) is 10.1. The quantitative estimate of drug-likeness (QED) is 0.577. The van der Waals surface area contributed by atoms with Crippen LogP contribution in [-0.4, -0.2) is 22.8 Å². The number of aryl methyl sites for hydroxylation is 1. The lowest BCUT2D eigenvalue weighted by Crippen LogP contribution is -2.33. The summed E-state index contributed by atoms with van der Waals surface area (Å²) >= 11 is 1.59. The van der Waals surface area contributed by atoms with Gasteiger partial charge >= 0.3 is 0 Å². The molecule has 28 heavy (non-hydrogen) atoms. The van der Waals surface area contributed by atoms with Crippen molar-refractivity contribution in [2.75, 3.05) is 12.0 Å². The van der Waals surface area contributed by atoms with E-state index in [0.717, 1.165) is 29.2 Å². The van der Waals surface area contributed by atoms with Crippen molar-refractivity contribution in [3.63, 3.8) is 0 Å². The van der Waals surface area contributed by atoms with Crippen LogP contribution in [0.1, 0.15) is 35.1 Å². The maximum Gasteiger partial charge on any atom is 0.279 e. The maximum absolute atomic E-state index is 13.3.